The van der Waals surface area contributed by atoms with E-state index in [1.807, 2.05) is 0 Å². The van der Waals surface area contributed by atoms with Gasteiger partial charge in [-0.05, 0) is 13.3 Å². The molecular formula is C9H13F5O3. The van der Waals surface area contributed by atoms with Crippen LogP contribution in [0.1, 0.15) is 20.3 Å². The Kier molecular flexibility index (Phi) is 5.80. The van der Waals surface area contributed by atoms with E-state index in [1.54, 1.807) is 6.92 Å². The fourth-order valence-corrected chi connectivity index (χ4v) is 0.800. The van der Waals surface area contributed by atoms with Crippen LogP contribution in [0, 0.1) is 0 Å². The van der Waals surface area contributed by atoms with Gasteiger partial charge >= 0.3 is 18.1 Å². The van der Waals surface area contributed by atoms with Crippen LogP contribution in [0.4, 0.5) is 22.0 Å². The minimum Gasteiger partial charge on any atom is -0.456 e. The molecule has 0 bridgehead atoms. The Bertz CT molecular complexity index is 252. The number of carbonyl (C=O) groups is 1. The normalized spacial score (nSPS) is 14.5. The van der Waals surface area contributed by atoms with Crippen molar-refractivity contribution >= 4 is 5.97 Å². The number of carbonyl (C=O) groups excluding carboxylic acids is 1. The number of rotatable bonds is 6. The Morgan fingerprint density at radius 3 is 2.18 bits per heavy atom. The van der Waals surface area contributed by atoms with Crippen LogP contribution in [0.15, 0.2) is 0 Å². The molecule has 0 N–H and O–H groups in total. The van der Waals surface area contributed by atoms with Gasteiger partial charge in [0.1, 0.15) is 6.10 Å². The summed E-state index contributed by atoms with van der Waals surface area (Å²) >= 11 is 0. The van der Waals surface area contributed by atoms with E-state index in [0.717, 1.165) is 0 Å². The number of alkyl halides is 5. The average Bonchev–Trinajstić information content (AvgIpc) is 2.16. The zero-order valence-electron chi connectivity index (χ0n) is 9.31. The number of halogens is 5. The van der Waals surface area contributed by atoms with Gasteiger partial charge in [0.25, 0.3) is 0 Å². The second-order valence-corrected chi connectivity index (χ2v) is 3.36. The summed E-state index contributed by atoms with van der Waals surface area (Å²) in [5.41, 5.74) is 0. The Labute approximate surface area is 94.9 Å². The first-order valence-corrected chi connectivity index (χ1v) is 4.86. The molecule has 8 heteroatoms. The number of hydrogen-bond donors (Lipinski definition) is 0. The Hall–Kier alpha value is -0.920. The Morgan fingerprint density at radius 2 is 1.76 bits per heavy atom. The molecule has 0 aliphatic carbocycles. The summed E-state index contributed by atoms with van der Waals surface area (Å²) in [7, 11) is 0. The number of hydrogen-bond acceptors (Lipinski definition) is 3. The van der Waals surface area contributed by atoms with Crippen LogP contribution in [0.2, 0.25) is 0 Å². The molecule has 0 fully saturated rings. The van der Waals surface area contributed by atoms with E-state index in [1.165, 1.54) is 6.92 Å². The molecule has 0 amide bonds. The summed E-state index contributed by atoms with van der Waals surface area (Å²) < 4.78 is 68.9. The summed E-state index contributed by atoms with van der Waals surface area (Å²) in [5.74, 6) is -8.11. The van der Waals surface area contributed by atoms with Gasteiger partial charge < -0.3 is 9.47 Å². The largest absolute Gasteiger partial charge is 0.465 e. The van der Waals surface area contributed by atoms with Crippen molar-refractivity contribution in [1.82, 2.24) is 0 Å². The SMILES string of the molecule is CCCOCC(C)OC(=O)C(F)(F)C(F)(F)F. The maximum atomic E-state index is 12.4. The lowest BCUT2D eigenvalue weighted by Gasteiger charge is -2.20. The van der Waals surface area contributed by atoms with Crippen LogP contribution in [-0.2, 0) is 14.3 Å². The van der Waals surface area contributed by atoms with Gasteiger partial charge in [0, 0.05) is 6.61 Å². The molecule has 0 heterocycles. The van der Waals surface area contributed by atoms with Gasteiger partial charge in [0.15, 0.2) is 0 Å². The highest BCUT2D eigenvalue weighted by atomic mass is 19.4. The Morgan fingerprint density at radius 1 is 1.24 bits per heavy atom. The van der Waals surface area contributed by atoms with Gasteiger partial charge in [0.05, 0.1) is 6.61 Å². The minimum atomic E-state index is -5.95. The van der Waals surface area contributed by atoms with E-state index in [-0.39, 0.29) is 6.61 Å². The van der Waals surface area contributed by atoms with Gasteiger partial charge in [-0.2, -0.15) is 22.0 Å². The van der Waals surface area contributed by atoms with E-state index in [9.17, 15) is 26.7 Å². The monoisotopic (exact) mass is 264 g/mol. The van der Waals surface area contributed by atoms with Crippen molar-refractivity contribution in [2.24, 2.45) is 0 Å². The molecule has 0 aliphatic rings. The maximum absolute atomic E-state index is 12.4. The maximum Gasteiger partial charge on any atom is 0.465 e. The molecule has 0 spiro atoms. The molecule has 0 saturated carbocycles. The summed E-state index contributed by atoms with van der Waals surface area (Å²) in [4.78, 5) is 10.6. The molecular weight excluding hydrogens is 251 g/mol. The Balaban J connectivity index is 4.25. The lowest BCUT2D eigenvalue weighted by molar-refractivity contribution is -0.282. The highest BCUT2D eigenvalue weighted by Crippen LogP contribution is 2.36. The summed E-state index contributed by atoms with van der Waals surface area (Å²) in [5, 5.41) is 0. The fourth-order valence-electron chi connectivity index (χ4n) is 0.800. The first kappa shape index (κ1) is 16.1. The second kappa shape index (κ2) is 6.13. The molecule has 0 aromatic carbocycles. The number of esters is 1. The highest BCUT2D eigenvalue weighted by Gasteiger charge is 2.65. The molecule has 0 radical (unpaired) electrons. The van der Waals surface area contributed by atoms with Gasteiger partial charge in [-0.15, -0.1) is 0 Å². The summed E-state index contributed by atoms with van der Waals surface area (Å²) in [6.45, 7) is 3.03. The van der Waals surface area contributed by atoms with Crippen molar-refractivity contribution in [3.8, 4) is 0 Å². The lowest BCUT2D eigenvalue weighted by Crippen LogP contribution is -2.46. The van der Waals surface area contributed by atoms with E-state index >= 15 is 0 Å². The van der Waals surface area contributed by atoms with Crippen LogP contribution in [0.5, 0.6) is 0 Å². The molecule has 0 rings (SSSR count). The predicted octanol–water partition coefficient (Wildman–Crippen LogP) is 2.54. The van der Waals surface area contributed by atoms with Gasteiger partial charge in [-0.3, -0.25) is 0 Å². The van der Waals surface area contributed by atoms with Crippen LogP contribution >= 0.6 is 0 Å². The van der Waals surface area contributed by atoms with Crippen molar-refractivity contribution in [2.75, 3.05) is 13.2 Å². The van der Waals surface area contributed by atoms with Crippen LogP contribution in [0.25, 0.3) is 0 Å². The van der Waals surface area contributed by atoms with Gasteiger partial charge in [-0.25, -0.2) is 4.79 Å². The average molecular weight is 264 g/mol. The predicted molar refractivity (Wildman–Crippen MR) is 47.7 cm³/mol. The third kappa shape index (κ3) is 4.84. The summed E-state index contributed by atoms with van der Waals surface area (Å²) in [6, 6.07) is 0. The fraction of sp³-hybridized carbons (Fsp3) is 0.889. The van der Waals surface area contributed by atoms with Crippen molar-refractivity contribution in [3.63, 3.8) is 0 Å². The highest BCUT2D eigenvalue weighted by molar-refractivity contribution is 5.78. The van der Waals surface area contributed by atoms with Gasteiger partial charge in [-0.1, -0.05) is 6.92 Å². The second-order valence-electron chi connectivity index (χ2n) is 3.36. The first-order chi connectivity index (χ1) is 7.63. The number of ether oxygens (including phenoxy) is 2. The van der Waals surface area contributed by atoms with Crippen molar-refractivity contribution in [3.05, 3.63) is 0 Å². The molecule has 0 aliphatic heterocycles. The quantitative estimate of drug-likeness (QED) is 0.420. The first-order valence-electron chi connectivity index (χ1n) is 4.86. The molecule has 0 saturated heterocycles. The molecule has 1 atom stereocenters. The van der Waals surface area contributed by atoms with Crippen molar-refractivity contribution in [2.45, 2.75) is 38.5 Å². The zero-order valence-corrected chi connectivity index (χ0v) is 9.31. The standard InChI is InChI=1S/C9H13F5O3/c1-3-4-16-5-6(2)17-7(15)8(10,11)9(12,13)14/h6H,3-5H2,1-2H3. The third-order valence-electron chi connectivity index (χ3n) is 1.62. The summed E-state index contributed by atoms with van der Waals surface area (Å²) in [6.07, 6.45) is -6.46. The molecule has 0 aromatic heterocycles. The van der Waals surface area contributed by atoms with Crippen LogP contribution < -0.4 is 0 Å². The van der Waals surface area contributed by atoms with Gasteiger partial charge in [0.2, 0.25) is 0 Å². The van der Waals surface area contributed by atoms with E-state index < -0.39 is 24.2 Å². The molecule has 102 valence electrons. The molecule has 3 nitrogen and oxygen atoms in total. The molecule has 17 heavy (non-hydrogen) atoms. The smallest absolute Gasteiger partial charge is 0.456 e. The van der Waals surface area contributed by atoms with Crippen molar-refractivity contribution in [1.29, 1.82) is 0 Å². The molecule has 1 unspecified atom stereocenters. The van der Waals surface area contributed by atoms with E-state index in [4.69, 9.17) is 4.74 Å². The topological polar surface area (TPSA) is 35.5 Å². The van der Waals surface area contributed by atoms with Crippen LogP contribution in [0.3, 0.4) is 0 Å². The minimum absolute atomic E-state index is 0.229. The zero-order chi connectivity index (χ0) is 13.7. The van der Waals surface area contributed by atoms with E-state index in [0.29, 0.717) is 13.0 Å². The van der Waals surface area contributed by atoms with E-state index in [2.05, 4.69) is 4.74 Å². The van der Waals surface area contributed by atoms with Crippen LogP contribution in [-0.4, -0.2) is 37.4 Å². The molecule has 0 aromatic rings. The lowest BCUT2D eigenvalue weighted by atomic mass is 10.3. The van der Waals surface area contributed by atoms with Crippen molar-refractivity contribution < 1.29 is 36.2 Å². The third-order valence-corrected chi connectivity index (χ3v) is 1.62.